The molecular weight excluding hydrogens is 919 g/mol. The lowest BCUT2D eigenvalue weighted by Crippen LogP contribution is -2.00. The van der Waals surface area contributed by atoms with Gasteiger partial charge in [0.25, 0.3) is 0 Å². The van der Waals surface area contributed by atoms with E-state index in [-0.39, 0.29) is 0 Å². The monoisotopic (exact) mass is 959 g/mol. The molecular formula is C66H41N9. The first-order valence-corrected chi connectivity index (χ1v) is 25.0. The van der Waals surface area contributed by atoms with E-state index in [0.717, 1.165) is 110 Å². The number of nitrogens with one attached hydrogen (secondary N) is 1. The molecule has 0 aliphatic carbocycles. The van der Waals surface area contributed by atoms with Crippen LogP contribution in [0, 0.1) is 0 Å². The highest BCUT2D eigenvalue weighted by Crippen LogP contribution is 2.40. The Morgan fingerprint density at radius 2 is 0.533 bits per heavy atom. The molecule has 75 heavy (non-hydrogen) atoms. The Hall–Kier alpha value is -10.4. The number of rotatable bonds is 8. The molecule has 5 aromatic heterocycles. The van der Waals surface area contributed by atoms with Crippen LogP contribution in [0.2, 0.25) is 0 Å². The van der Waals surface area contributed by atoms with Crippen molar-refractivity contribution in [1.82, 2.24) is 44.0 Å². The molecule has 9 heteroatoms. The van der Waals surface area contributed by atoms with Crippen LogP contribution in [0.15, 0.2) is 243 Å². The number of H-pyrrole nitrogens is 1. The van der Waals surface area contributed by atoms with Crippen LogP contribution in [0.4, 0.5) is 0 Å². The van der Waals surface area contributed by atoms with Crippen molar-refractivity contribution >= 4 is 65.4 Å². The highest BCUT2D eigenvalue weighted by molar-refractivity contribution is 6.14. The van der Waals surface area contributed by atoms with Gasteiger partial charge in [-0.05, 0) is 84.9 Å². The van der Waals surface area contributed by atoms with Gasteiger partial charge in [-0.1, -0.05) is 158 Å². The van der Waals surface area contributed by atoms with Gasteiger partial charge >= 0.3 is 0 Å². The van der Waals surface area contributed by atoms with E-state index >= 15 is 0 Å². The van der Waals surface area contributed by atoms with Crippen LogP contribution in [0.25, 0.3) is 145 Å². The fraction of sp³-hybridized carbons (Fsp3) is 0. The molecule has 15 aromatic rings. The first-order valence-electron chi connectivity index (χ1n) is 25.0. The fourth-order valence-electron chi connectivity index (χ4n) is 10.8. The molecule has 0 saturated carbocycles. The highest BCUT2D eigenvalue weighted by Gasteiger charge is 2.20. The summed E-state index contributed by atoms with van der Waals surface area (Å²) in [7, 11) is 0. The Morgan fingerprint density at radius 1 is 0.227 bits per heavy atom. The Balaban J connectivity index is 0.848. The van der Waals surface area contributed by atoms with Crippen molar-refractivity contribution in [2.24, 2.45) is 0 Å². The van der Waals surface area contributed by atoms with Gasteiger partial charge in [0.1, 0.15) is 0 Å². The summed E-state index contributed by atoms with van der Waals surface area (Å²) >= 11 is 0. The zero-order valence-corrected chi connectivity index (χ0v) is 40.2. The molecule has 0 saturated heterocycles. The lowest BCUT2D eigenvalue weighted by atomic mass is 10.1. The summed E-state index contributed by atoms with van der Waals surface area (Å²) in [5, 5.41) is 6.81. The van der Waals surface area contributed by atoms with E-state index in [9.17, 15) is 0 Å². The zero-order chi connectivity index (χ0) is 49.4. The van der Waals surface area contributed by atoms with E-state index in [1.807, 2.05) is 121 Å². The first-order chi connectivity index (χ1) is 37.1. The van der Waals surface area contributed by atoms with Crippen molar-refractivity contribution in [3.8, 4) is 79.7 Å². The summed E-state index contributed by atoms with van der Waals surface area (Å²) in [6.07, 6.45) is 0. The minimum absolute atomic E-state index is 0.624. The number of aromatic amines is 1. The van der Waals surface area contributed by atoms with E-state index in [1.165, 1.54) is 0 Å². The topological polar surface area (TPSA) is 103 Å². The number of nitrogens with zero attached hydrogens (tertiary/aromatic N) is 8. The second kappa shape index (κ2) is 17.1. The van der Waals surface area contributed by atoms with Gasteiger partial charge in [0.15, 0.2) is 34.9 Å². The smallest absolute Gasteiger partial charge is 0.164 e. The summed E-state index contributed by atoms with van der Waals surface area (Å²) < 4.78 is 4.74. The maximum Gasteiger partial charge on any atom is 0.164 e. The van der Waals surface area contributed by atoms with Gasteiger partial charge in [0, 0.05) is 88.1 Å². The van der Waals surface area contributed by atoms with Gasteiger partial charge in [-0.3, -0.25) is 0 Å². The van der Waals surface area contributed by atoms with E-state index in [4.69, 9.17) is 29.9 Å². The van der Waals surface area contributed by atoms with Crippen molar-refractivity contribution in [1.29, 1.82) is 0 Å². The molecule has 9 nitrogen and oxygen atoms in total. The molecule has 0 fully saturated rings. The predicted octanol–water partition coefficient (Wildman–Crippen LogP) is 15.9. The number of para-hydroxylation sites is 2. The van der Waals surface area contributed by atoms with Gasteiger partial charge in [-0.15, -0.1) is 0 Å². The maximum absolute atomic E-state index is 5.07. The van der Waals surface area contributed by atoms with Crippen LogP contribution in [0.5, 0.6) is 0 Å². The van der Waals surface area contributed by atoms with Crippen molar-refractivity contribution in [3.05, 3.63) is 243 Å². The third-order valence-corrected chi connectivity index (χ3v) is 14.3. The first kappa shape index (κ1) is 42.3. The van der Waals surface area contributed by atoms with Crippen LogP contribution >= 0.6 is 0 Å². The Morgan fingerprint density at radius 3 is 0.893 bits per heavy atom. The predicted molar refractivity (Wildman–Crippen MR) is 304 cm³/mol. The van der Waals surface area contributed by atoms with Gasteiger partial charge in [-0.2, -0.15) is 0 Å². The molecule has 0 radical (unpaired) electrons. The minimum atomic E-state index is 0.624. The van der Waals surface area contributed by atoms with Gasteiger partial charge in [-0.25, -0.2) is 29.9 Å². The second-order valence-electron chi connectivity index (χ2n) is 18.8. The summed E-state index contributed by atoms with van der Waals surface area (Å²) in [5.41, 5.74) is 14.3. The quantitative estimate of drug-likeness (QED) is 0.163. The molecule has 0 unspecified atom stereocenters. The maximum atomic E-state index is 5.07. The molecule has 15 rings (SSSR count). The van der Waals surface area contributed by atoms with Crippen molar-refractivity contribution in [2.45, 2.75) is 0 Å². The van der Waals surface area contributed by atoms with E-state index in [0.29, 0.717) is 34.9 Å². The summed E-state index contributed by atoms with van der Waals surface area (Å²) in [6, 6.07) is 84.3. The third kappa shape index (κ3) is 7.16. The van der Waals surface area contributed by atoms with E-state index in [1.54, 1.807) is 0 Å². The number of hydrogen-bond donors (Lipinski definition) is 1. The number of hydrogen-bond acceptors (Lipinski definition) is 6. The summed E-state index contributed by atoms with van der Waals surface area (Å²) in [5.74, 6) is 3.79. The third-order valence-electron chi connectivity index (χ3n) is 14.3. The molecule has 1 N–H and O–H groups in total. The molecule has 0 bridgehead atoms. The minimum Gasteiger partial charge on any atom is -0.355 e. The van der Waals surface area contributed by atoms with Crippen LogP contribution < -0.4 is 0 Å². The lowest BCUT2D eigenvalue weighted by Gasteiger charge is -2.11. The van der Waals surface area contributed by atoms with Crippen LogP contribution in [-0.2, 0) is 0 Å². The molecule has 10 aromatic carbocycles. The Labute approximate surface area is 429 Å². The molecule has 0 aliphatic heterocycles. The average Bonchev–Trinajstić information content (AvgIpc) is 4.18. The summed E-state index contributed by atoms with van der Waals surface area (Å²) in [6.45, 7) is 0. The SMILES string of the molecule is c1ccc(-c2nc(-c3ccccc3)nc(-c3ccc4c(c3)c3ccccc3n4-c3ccc4[nH]c5ccc(-n6c7ccccc7c7cc(-c8nc(-c9ccccc9)nc(-c9ccccc9)n8)ccc76)cc5c4c3)n2)cc1. The highest BCUT2D eigenvalue weighted by atomic mass is 15.0. The van der Waals surface area contributed by atoms with Crippen LogP contribution in [0.1, 0.15) is 0 Å². The largest absolute Gasteiger partial charge is 0.355 e. The molecule has 350 valence electrons. The Bertz CT molecular complexity index is 4280. The summed E-state index contributed by atoms with van der Waals surface area (Å²) in [4.78, 5) is 33.9. The van der Waals surface area contributed by atoms with Crippen LogP contribution in [-0.4, -0.2) is 44.0 Å². The zero-order valence-electron chi connectivity index (χ0n) is 40.2. The van der Waals surface area contributed by atoms with Gasteiger partial charge in [0.2, 0.25) is 0 Å². The van der Waals surface area contributed by atoms with E-state index < -0.39 is 0 Å². The van der Waals surface area contributed by atoms with Gasteiger partial charge in [0.05, 0.1) is 22.1 Å². The lowest BCUT2D eigenvalue weighted by molar-refractivity contribution is 1.07. The van der Waals surface area contributed by atoms with E-state index in [2.05, 4.69) is 135 Å². The number of benzene rings is 10. The normalized spacial score (nSPS) is 11.7. The fourth-order valence-corrected chi connectivity index (χ4v) is 10.8. The molecule has 0 aliphatic rings. The number of aromatic nitrogens is 9. The molecule has 0 atom stereocenters. The van der Waals surface area contributed by atoms with Crippen LogP contribution in [0.3, 0.4) is 0 Å². The Kier molecular flexibility index (Phi) is 9.67. The van der Waals surface area contributed by atoms with Crippen molar-refractivity contribution < 1.29 is 0 Å². The molecule has 0 amide bonds. The van der Waals surface area contributed by atoms with Crippen molar-refractivity contribution in [2.75, 3.05) is 0 Å². The standard InChI is InChI=1S/C66H41N9/c1-5-17-41(18-6-1)61-68-62(42-19-7-2-8-20-42)71-65(70-61)45-29-35-59-53(37-45)49-25-13-15-27-57(49)74(59)47-31-33-55-51(39-47)52-40-48(32-34-56(52)67-55)75-58-28-16-14-26-50(58)54-38-46(30-36-60(54)75)66-72-63(43-21-9-3-10-22-43)69-64(73-66)44-23-11-4-12-24-44/h1-40,67H. The van der Waals surface area contributed by atoms with Crippen molar-refractivity contribution in [3.63, 3.8) is 0 Å². The molecule has 5 heterocycles. The van der Waals surface area contributed by atoms with Gasteiger partial charge < -0.3 is 14.1 Å². The molecule has 0 spiro atoms. The number of fused-ring (bicyclic) bond motifs is 9. The second-order valence-corrected chi connectivity index (χ2v) is 18.8. The average molecular weight is 960 g/mol.